The molecular formula is C23H34IN5. The van der Waals surface area contributed by atoms with Crippen molar-refractivity contribution in [3.8, 4) is 0 Å². The summed E-state index contributed by atoms with van der Waals surface area (Å²) in [6.07, 6.45) is 2.59. The Morgan fingerprint density at radius 1 is 1.10 bits per heavy atom. The van der Waals surface area contributed by atoms with Crippen LogP contribution in [0.2, 0.25) is 0 Å². The molecule has 158 valence electrons. The van der Waals surface area contributed by atoms with E-state index in [-0.39, 0.29) is 30.0 Å². The first-order valence-corrected chi connectivity index (χ1v) is 10.1. The molecule has 1 heterocycles. The summed E-state index contributed by atoms with van der Waals surface area (Å²) in [6.45, 7) is 5.26. The lowest BCUT2D eigenvalue weighted by Crippen LogP contribution is -2.38. The average Bonchev–Trinajstić information content (AvgIpc) is 3.26. The highest BCUT2D eigenvalue weighted by atomic mass is 127. The average molecular weight is 507 g/mol. The van der Waals surface area contributed by atoms with Gasteiger partial charge >= 0.3 is 0 Å². The standard InChI is InChI=1S/C23H33N5.HI/c1-18(20-8-7-9-22(16-20)28-14-5-6-15-28)26-23(24-2)25-17-19-10-12-21(13-11-19)27(3)4;/h7-13,16,18H,5-6,14-15,17H2,1-4H3,(H2,24,25,26);1H. The lowest BCUT2D eigenvalue weighted by molar-refractivity contribution is 0.685. The largest absolute Gasteiger partial charge is 0.378 e. The van der Waals surface area contributed by atoms with Crippen LogP contribution >= 0.6 is 24.0 Å². The molecule has 0 bridgehead atoms. The summed E-state index contributed by atoms with van der Waals surface area (Å²) in [5, 5.41) is 6.93. The van der Waals surface area contributed by atoms with Crippen LogP contribution in [0, 0.1) is 0 Å². The Bertz CT molecular complexity index is 782. The van der Waals surface area contributed by atoms with Crippen LogP contribution < -0.4 is 20.4 Å². The monoisotopic (exact) mass is 507 g/mol. The summed E-state index contributed by atoms with van der Waals surface area (Å²) >= 11 is 0. The third-order valence-corrected chi connectivity index (χ3v) is 5.33. The first kappa shape index (κ1) is 23.3. The van der Waals surface area contributed by atoms with E-state index < -0.39 is 0 Å². The Balaban J connectivity index is 0.00000300. The number of hydrogen-bond acceptors (Lipinski definition) is 3. The molecule has 1 aliphatic rings. The van der Waals surface area contributed by atoms with Gasteiger partial charge in [0, 0.05) is 52.2 Å². The Morgan fingerprint density at radius 3 is 2.41 bits per heavy atom. The Hall–Kier alpha value is -1.96. The first-order chi connectivity index (χ1) is 13.6. The molecule has 1 unspecified atom stereocenters. The van der Waals surface area contributed by atoms with Gasteiger partial charge in [-0.1, -0.05) is 24.3 Å². The zero-order chi connectivity index (χ0) is 19.9. The van der Waals surface area contributed by atoms with Crippen LogP contribution in [0.25, 0.3) is 0 Å². The molecule has 1 fully saturated rings. The van der Waals surface area contributed by atoms with E-state index >= 15 is 0 Å². The molecule has 2 N–H and O–H groups in total. The lowest BCUT2D eigenvalue weighted by atomic mass is 10.1. The normalized spacial score (nSPS) is 14.9. The molecule has 1 aliphatic heterocycles. The van der Waals surface area contributed by atoms with E-state index in [0.29, 0.717) is 0 Å². The number of aliphatic imine (C=N–C) groups is 1. The molecule has 0 radical (unpaired) electrons. The molecular weight excluding hydrogens is 473 g/mol. The first-order valence-electron chi connectivity index (χ1n) is 10.1. The van der Waals surface area contributed by atoms with E-state index in [1.807, 2.05) is 7.05 Å². The fraction of sp³-hybridized carbons (Fsp3) is 0.435. The van der Waals surface area contributed by atoms with Crippen molar-refractivity contribution in [2.24, 2.45) is 4.99 Å². The summed E-state index contributed by atoms with van der Waals surface area (Å²) in [7, 11) is 5.93. The highest BCUT2D eigenvalue weighted by molar-refractivity contribution is 14.0. The summed E-state index contributed by atoms with van der Waals surface area (Å²) in [5.41, 5.74) is 5.05. The minimum Gasteiger partial charge on any atom is -0.378 e. The van der Waals surface area contributed by atoms with Crippen LogP contribution in [0.5, 0.6) is 0 Å². The molecule has 6 heteroatoms. The van der Waals surface area contributed by atoms with Crippen molar-refractivity contribution < 1.29 is 0 Å². The Labute approximate surface area is 192 Å². The third kappa shape index (κ3) is 6.52. The molecule has 3 rings (SSSR count). The summed E-state index contributed by atoms with van der Waals surface area (Å²) in [4.78, 5) is 8.97. The second kappa shape index (κ2) is 11.3. The number of nitrogens with zero attached hydrogens (tertiary/aromatic N) is 3. The molecule has 0 aromatic heterocycles. The van der Waals surface area contributed by atoms with Gasteiger partial charge in [0.2, 0.25) is 0 Å². The maximum atomic E-state index is 4.39. The number of halogens is 1. The fourth-order valence-corrected chi connectivity index (χ4v) is 3.55. The minimum atomic E-state index is 0. The van der Waals surface area contributed by atoms with Crippen molar-refractivity contribution in [2.75, 3.05) is 44.0 Å². The van der Waals surface area contributed by atoms with E-state index in [2.05, 4.69) is 95.0 Å². The minimum absolute atomic E-state index is 0. The van der Waals surface area contributed by atoms with E-state index in [0.717, 1.165) is 12.5 Å². The molecule has 0 spiro atoms. The lowest BCUT2D eigenvalue weighted by Gasteiger charge is -2.22. The third-order valence-electron chi connectivity index (χ3n) is 5.33. The van der Waals surface area contributed by atoms with Crippen molar-refractivity contribution in [3.63, 3.8) is 0 Å². The number of nitrogens with one attached hydrogen (secondary N) is 2. The quantitative estimate of drug-likeness (QED) is 0.346. The number of benzene rings is 2. The smallest absolute Gasteiger partial charge is 0.191 e. The van der Waals surface area contributed by atoms with Crippen molar-refractivity contribution in [1.82, 2.24) is 10.6 Å². The van der Waals surface area contributed by atoms with E-state index in [9.17, 15) is 0 Å². The SMILES string of the molecule is CN=C(NCc1ccc(N(C)C)cc1)NC(C)c1cccc(N2CCCC2)c1.I. The Kier molecular flexibility index (Phi) is 9.07. The van der Waals surface area contributed by atoms with Crippen LogP contribution in [-0.4, -0.2) is 40.2 Å². The number of hydrogen-bond donors (Lipinski definition) is 2. The molecule has 1 atom stereocenters. The number of guanidine groups is 1. The van der Waals surface area contributed by atoms with Gasteiger partial charge in [0.1, 0.15) is 0 Å². The van der Waals surface area contributed by atoms with Gasteiger partial charge in [0.25, 0.3) is 0 Å². The molecule has 5 nitrogen and oxygen atoms in total. The summed E-state index contributed by atoms with van der Waals surface area (Å²) in [6, 6.07) is 17.6. The highest BCUT2D eigenvalue weighted by Crippen LogP contribution is 2.24. The van der Waals surface area contributed by atoms with Crippen molar-refractivity contribution in [3.05, 3.63) is 59.7 Å². The fourth-order valence-electron chi connectivity index (χ4n) is 3.55. The van der Waals surface area contributed by atoms with Crippen LogP contribution in [-0.2, 0) is 6.54 Å². The molecule has 2 aromatic carbocycles. The van der Waals surface area contributed by atoms with Crippen LogP contribution in [0.15, 0.2) is 53.5 Å². The summed E-state index contributed by atoms with van der Waals surface area (Å²) in [5.74, 6) is 0.816. The van der Waals surface area contributed by atoms with Gasteiger partial charge in [-0.2, -0.15) is 0 Å². The number of rotatable bonds is 6. The molecule has 0 saturated carbocycles. The van der Waals surface area contributed by atoms with Crippen molar-refractivity contribution >= 4 is 41.3 Å². The molecule has 0 amide bonds. The van der Waals surface area contributed by atoms with Crippen LogP contribution in [0.1, 0.15) is 36.9 Å². The van der Waals surface area contributed by atoms with Crippen molar-refractivity contribution in [1.29, 1.82) is 0 Å². The van der Waals surface area contributed by atoms with Crippen molar-refractivity contribution in [2.45, 2.75) is 32.4 Å². The van der Waals surface area contributed by atoms with Gasteiger partial charge < -0.3 is 20.4 Å². The molecule has 2 aromatic rings. The predicted octanol–water partition coefficient (Wildman–Crippen LogP) is 4.40. The second-order valence-corrected chi connectivity index (χ2v) is 7.64. The second-order valence-electron chi connectivity index (χ2n) is 7.64. The van der Waals surface area contributed by atoms with E-state index in [1.165, 1.54) is 48.4 Å². The van der Waals surface area contributed by atoms with Crippen LogP contribution in [0.4, 0.5) is 11.4 Å². The van der Waals surface area contributed by atoms with E-state index in [4.69, 9.17) is 0 Å². The molecule has 29 heavy (non-hydrogen) atoms. The zero-order valence-corrected chi connectivity index (χ0v) is 20.3. The molecule has 0 aliphatic carbocycles. The Morgan fingerprint density at radius 2 is 1.79 bits per heavy atom. The van der Waals surface area contributed by atoms with Gasteiger partial charge in [-0.25, -0.2) is 0 Å². The van der Waals surface area contributed by atoms with Gasteiger partial charge in [-0.05, 0) is 55.2 Å². The highest BCUT2D eigenvalue weighted by Gasteiger charge is 2.14. The zero-order valence-electron chi connectivity index (χ0n) is 18.0. The topological polar surface area (TPSA) is 42.9 Å². The summed E-state index contributed by atoms with van der Waals surface area (Å²) < 4.78 is 0. The maximum Gasteiger partial charge on any atom is 0.191 e. The van der Waals surface area contributed by atoms with Gasteiger partial charge in [0.15, 0.2) is 5.96 Å². The van der Waals surface area contributed by atoms with Gasteiger partial charge in [-0.15, -0.1) is 24.0 Å². The van der Waals surface area contributed by atoms with Crippen LogP contribution in [0.3, 0.4) is 0 Å². The van der Waals surface area contributed by atoms with Gasteiger partial charge in [0.05, 0.1) is 6.04 Å². The molecule has 1 saturated heterocycles. The van der Waals surface area contributed by atoms with E-state index in [1.54, 1.807) is 0 Å². The maximum absolute atomic E-state index is 4.39. The number of anilines is 2. The van der Waals surface area contributed by atoms with Gasteiger partial charge in [-0.3, -0.25) is 4.99 Å². The predicted molar refractivity (Wildman–Crippen MR) is 136 cm³/mol.